The number of methoxy groups -OCH3 is 1. The number of sulfone groups is 1. The van der Waals surface area contributed by atoms with Crippen LogP contribution < -0.4 is 10.5 Å². The highest BCUT2D eigenvalue weighted by Gasteiger charge is 2.66. The Labute approximate surface area is 180 Å². The van der Waals surface area contributed by atoms with Crippen molar-refractivity contribution >= 4 is 38.9 Å². The van der Waals surface area contributed by atoms with Crippen molar-refractivity contribution in [2.45, 2.75) is 37.2 Å². The van der Waals surface area contributed by atoms with Gasteiger partial charge in [0, 0.05) is 13.8 Å². The largest absolute Gasteiger partial charge is 0.479 e. The number of rotatable bonds is 7. The van der Waals surface area contributed by atoms with Crippen LogP contribution in [-0.4, -0.2) is 83.0 Å². The van der Waals surface area contributed by atoms with Crippen molar-refractivity contribution in [2.24, 2.45) is 0 Å². The van der Waals surface area contributed by atoms with Gasteiger partial charge in [-0.2, -0.15) is 9.97 Å². The van der Waals surface area contributed by atoms with Crippen LogP contribution in [-0.2, 0) is 38.7 Å². The van der Waals surface area contributed by atoms with Gasteiger partial charge in [-0.3, -0.25) is 14.2 Å². The van der Waals surface area contributed by atoms with Crippen LogP contribution in [0.2, 0.25) is 0 Å². The molecule has 14 nitrogen and oxygen atoms in total. The number of nitrogen functional groups attached to an aromatic ring is 1. The number of hydrogen-bond acceptors (Lipinski definition) is 13. The van der Waals surface area contributed by atoms with Crippen molar-refractivity contribution < 1.29 is 46.5 Å². The summed E-state index contributed by atoms with van der Waals surface area (Å²) in [7, 11) is -3.73. The molecule has 3 heterocycles. The van der Waals surface area contributed by atoms with Gasteiger partial charge in [0.25, 0.3) is 5.06 Å². The van der Waals surface area contributed by atoms with Crippen LogP contribution in [0.4, 0.5) is 10.3 Å². The van der Waals surface area contributed by atoms with E-state index in [0.717, 1.165) is 24.7 Å². The Balaban J connectivity index is 2.27. The van der Waals surface area contributed by atoms with Crippen molar-refractivity contribution in [1.82, 2.24) is 19.5 Å². The number of aromatic nitrogens is 4. The van der Waals surface area contributed by atoms with E-state index in [9.17, 15) is 27.5 Å². The summed E-state index contributed by atoms with van der Waals surface area (Å²) in [6, 6.07) is -1.98. The van der Waals surface area contributed by atoms with E-state index in [1.807, 2.05) is 0 Å². The third-order valence-corrected chi connectivity index (χ3v) is 6.34. The van der Waals surface area contributed by atoms with Crippen LogP contribution in [0.3, 0.4) is 0 Å². The minimum Gasteiger partial charge on any atom is -0.479 e. The van der Waals surface area contributed by atoms with Crippen molar-refractivity contribution in [2.75, 3.05) is 25.5 Å². The van der Waals surface area contributed by atoms with Gasteiger partial charge in [0.05, 0.1) is 7.11 Å². The van der Waals surface area contributed by atoms with Gasteiger partial charge in [-0.1, -0.05) is 0 Å². The summed E-state index contributed by atoms with van der Waals surface area (Å²) >= 11 is 0. The molecule has 4 atom stereocenters. The molecule has 3 N–H and O–H groups in total. The second-order valence-electron chi connectivity index (χ2n) is 6.71. The van der Waals surface area contributed by atoms with Crippen LogP contribution in [0.25, 0.3) is 11.2 Å². The van der Waals surface area contributed by atoms with Crippen LogP contribution in [0.15, 0.2) is 6.33 Å². The van der Waals surface area contributed by atoms with Crippen molar-refractivity contribution in [3.8, 4) is 5.88 Å². The zero-order chi connectivity index (χ0) is 23.8. The first-order chi connectivity index (χ1) is 15.0. The Morgan fingerprint density at radius 2 is 2.03 bits per heavy atom. The van der Waals surface area contributed by atoms with E-state index in [4.69, 9.17) is 24.7 Å². The highest BCUT2D eigenvalue weighted by Crippen LogP contribution is 2.44. The first-order valence-electron chi connectivity index (χ1n) is 8.98. The lowest BCUT2D eigenvalue weighted by Crippen LogP contribution is -2.52. The lowest BCUT2D eigenvalue weighted by Gasteiger charge is -2.31. The molecule has 2 aromatic heterocycles. The maximum absolute atomic E-state index is 13.8. The molecule has 0 bridgehead atoms. The molecule has 1 fully saturated rings. The molecular weight excluding hydrogens is 457 g/mol. The van der Waals surface area contributed by atoms with E-state index < -0.39 is 57.8 Å². The molecule has 1 saturated heterocycles. The number of nitrogens with two attached hydrogens (primary N) is 1. The molecule has 1 aliphatic rings. The molecule has 3 rings (SSSR count). The summed E-state index contributed by atoms with van der Waals surface area (Å²) in [5, 5.41) is 8.13. The second-order valence-corrected chi connectivity index (χ2v) is 8.74. The lowest BCUT2D eigenvalue weighted by molar-refractivity contribution is -0.157. The van der Waals surface area contributed by atoms with Crippen molar-refractivity contribution in [3.05, 3.63) is 6.33 Å². The molecule has 0 amide bonds. The second kappa shape index (κ2) is 8.44. The number of carbonyl (C=O) groups is 2. The first kappa shape index (κ1) is 23.6. The molecule has 0 unspecified atom stereocenters. The molecular formula is C16H20FN5O9S. The Hall–Kier alpha value is -3.11. The average Bonchev–Trinajstić information content (AvgIpc) is 3.26. The number of ether oxygens (including phenoxy) is 4. The van der Waals surface area contributed by atoms with Gasteiger partial charge in [-0.15, -0.1) is 0 Å². The van der Waals surface area contributed by atoms with Crippen LogP contribution in [0, 0.1) is 0 Å². The molecule has 0 radical (unpaired) electrons. The highest BCUT2D eigenvalue weighted by molar-refractivity contribution is 7.91. The first-order valence-corrected chi connectivity index (χ1v) is 10.6. The third kappa shape index (κ3) is 3.69. The minimum atomic E-state index is -4.99. The highest BCUT2D eigenvalue weighted by atomic mass is 32.2. The fraction of sp³-hybridized carbons (Fsp3) is 0.562. The molecule has 0 saturated carbocycles. The number of imidazole rings is 1. The van der Waals surface area contributed by atoms with Gasteiger partial charge in [-0.25, -0.2) is 17.8 Å². The zero-order valence-electron chi connectivity index (χ0n) is 17.1. The number of halogens is 1. The quantitative estimate of drug-likeness (QED) is 0.443. The van der Waals surface area contributed by atoms with Crippen LogP contribution >= 0.6 is 0 Å². The van der Waals surface area contributed by atoms with Gasteiger partial charge < -0.3 is 29.8 Å². The lowest BCUT2D eigenvalue weighted by atomic mass is 10.1. The molecule has 0 spiro atoms. The summed E-state index contributed by atoms with van der Waals surface area (Å²) in [5.41, 5.74) is 5.30. The standard InChI is InChI=1S/C16H20FN5O9S/c1-7(23)29-4-9-11(30-8(2)24)12(25)16(31-9,32(26,27)5-17)22-6-19-10-13(22)20-15(18)21-14(10)28-3/h6,9,11-12,25H,4-5H2,1-3H3,(H2,18,20,21)/t9-,11-,12-,16+/m1/s1. The van der Waals surface area contributed by atoms with Gasteiger partial charge >= 0.3 is 11.9 Å². The maximum atomic E-state index is 13.8. The molecule has 0 aromatic carbocycles. The summed E-state index contributed by atoms with van der Waals surface area (Å²) in [6.07, 6.45) is -4.44. The van der Waals surface area contributed by atoms with Crippen LogP contribution in [0.1, 0.15) is 13.8 Å². The predicted molar refractivity (Wildman–Crippen MR) is 102 cm³/mol. The SMILES string of the molecule is COc1nc(N)nc2c1ncn2[C@]1(S(=O)(=O)CF)O[C@H](COC(C)=O)[C@@H](OC(C)=O)[C@H]1O. The number of carbonyl (C=O) groups excluding carboxylic acids is 2. The normalized spacial score (nSPS) is 25.6. The van der Waals surface area contributed by atoms with E-state index in [1.54, 1.807) is 0 Å². The maximum Gasteiger partial charge on any atom is 0.303 e. The Morgan fingerprint density at radius 1 is 1.34 bits per heavy atom. The smallest absolute Gasteiger partial charge is 0.303 e. The fourth-order valence-corrected chi connectivity index (χ4v) is 4.73. The molecule has 1 aliphatic heterocycles. The number of aliphatic hydroxyl groups excluding tert-OH is 1. The third-order valence-electron chi connectivity index (χ3n) is 4.62. The summed E-state index contributed by atoms with van der Waals surface area (Å²) in [5.74, 6) is -2.12. The number of fused-ring (bicyclic) bond motifs is 1. The van der Waals surface area contributed by atoms with E-state index in [2.05, 4.69) is 15.0 Å². The van der Waals surface area contributed by atoms with Crippen LogP contribution in [0.5, 0.6) is 5.88 Å². The Bertz CT molecular complexity index is 1160. The molecule has 32 heavy (non-hydrogen) atoms. The number of nitrogens with zero attached hydrogens (tertiary/aromatic N) is 4. The molecule has 2 aromatic rings. The van der Waals surface area contributed by atoms with Gasteiger partial charge in [0.2, 0.25) is 21.7 Å². The average molecular weight is 477 g/mol. The topological polar surface area (TPSA) is 195 Å². The minimum absolute atomic E-state index is 0.0709. The van der Waals surface area contributed by atoms with E-state index in [1.165, 1.54) is 7.11 Å². The monoisotopic (exact) mass is 477 g/mol. The van der Waals surface area contributed by atoms with Gasteiger partial charge in [-0.05, 0) is 0 Å². The van der Waals surface area contributed by atoms with E-state index in [-0.39, 0.29) is 23.0 Å². The fourth-order valence-electron chi connectivity index (χ4n) is 3.37. The molecule has 16 heteroatoms. The molecule has 176 valence electrons. The Kier molecular flexibility index (Phi) is 6.21. The van der Waals surface area contributed by atoms with Gasteiger partial charge in [0.15, 0.2) is 29.4 Å². The number of alkyl halides is 1. The number of hydrogen-bond donors (Lipinski definition) is 2. The number of esters is 2. The van der Waals surface area contributed by atoms with Crippen molar-refractivity contribution in [1.29, 1.82) is 0 Å². The predicted octanol–water partition coefficient (Wildman–Crippen LogP) is -1.38. The summed E-state index contributed by atoms with van der Waals surface area (Å²) in [4.78, 5) is 34.6. The van der Waals surface area contributed by atoms with E-state index >= 15 is 0 Å². The molecule has 0 aliphatic carbocycles. The van der Waals surface area contributed by atoms with E-state index in [0.29, 0.717) is 0 Å². The van der Waals surface area contributed by atoms with Crippen molar-refractivity contribution in [3.63, 3.8) is 0 Å². The Morgan fingerprint density at radius 3 is 2.59 bits per heavy atom. The van der Waals surface area contributed by atoms with Gasteiger partial charge in [0.1, 0.15) is 19.0 Å². The summed E-state index contributed by atoms with van der Waals surface area (Å²) in [6.45, 7) is 1.47. The number of aliphatic hydroxyl groups is 1. The number of anilines is 1. The summed E-state index contributed by atoms with van der Waals surface area (Å²) < 4.78 is 61.0. The zero-order valence-corrected chi connectivity index (χ0v) is 17.9.